The summed E-state index contributed by atoms with van der Waals surface area (Å²) in [5.41, 5.74) is 0.940. The first-order valence-electron chi connectivity index (χ1n) is 10.9. The highest BCUT2D eigenvalue weighted by molar-refractivity contribution is 5.81. The van der Waals surface area contributed by atoms with Gasteiger partial charge in [0.1, 0.15) is 5.76 Å². The average molecular weight is 444 g/mol. The normalized spacial score (nSPS) is 15.1. The van der Waals surface area contributed by atoms with Gasteiger partial charge in [0, 0.05) is 31.5 Å². The Bertz CT molecular complexity index is 944. The Balaban J connectivity index is 1.32. The molecule has 32 heavy (non-hydrogen) atoms. The zero-order valence-corrected chi connectivity index (χ0v) is 18.1. The molecule has 2 aliphatic heterocycles. The number of ether oxygens (including phenoxy) is 4. The van der Waals surface area contributed by atoms with E-state index in [1.807, 2.05) is 18.2 Å². The molecule has 3 heterocycles. The highest BCUT2D eigenvalue weighted by Crippen LogP contribution is 2.36. The van der Waals surface area contributed by atoms with Crippen molar-refractivity contribution in [3.8, 4) is 17.4 Å². The first kappa shape index (κ1) is 21.8. The Morgan fingerprint density at radius 2 is 2.19 bits per heavy atom. The molecule has 172 valence electrons. The molecule has 0 aliphatic carbocycles. The lowest BCUT2D eigenvalue weighted by atomic mass is 9.91. The first-order valence-corrected chi connectivity index (χ1v) is 10.9. The number of aromatic nitrogens is 1. The van der Waals surface area contributed by atoms with Crippen molar-refractivity contribution in [3.05, 3.63) is 35.6 Å². The van der Waals surface area contributed by atoms with Crippen LogP contribution in [0.4, 0.5) is 0 Å². The van der Waals surface area contributed by atoms with Crippen LogP contribution in [0.25, 0.3) is 0 Å². The number of carbonyl (C=O) groups is 1. The maximum absolute atomic E-state index is 12.2. The van der Waals surface area contributed by atoms with Crippen molar-refractivity contribution in [1.82, 2.24) is 15.8 Å². The largest absolute Gasteiger partial charge is 0.475 e. The maximum atomic E-state index is 12.2. The number of benzene rings is 1. The van der Waals surface area contributed by atoms with E-state index in [1.54, 1.807) is 13.0 Å². The number of rotatable bonds is 11. The van der Waals surface area contributed by atoms with Crippen molar-refractivity contribution in [1.29, 1.82) is 0 Å². The fourth-order valence-corrected chi connectivity index (χ4v) is 3.57. The van der Waals surface area contributed by atoms with Crippen LogP contribution in [0.1, 0.15) is 37.0 Å². The van der Waals surface area contributed by atoms with Crippen molar-refractivity contribution in [2.75, 3.05) is 39.6 Å². The Morgan fingerprint density at radius 3 is 3.03 bits per heavy atom. The predicted molar refractivity (Wildman–Crippen MR) is 115 cm³/mol. The van der Waals surface area contributed by atoms with Gasteiger partial charge in [0.25, 0.3) is 5.88 Å². The SMILES string of the molecule is CCOC(=O)CC(Cc1cc(OCCCNC2=NCCN2)no1)c1ccc2c(c1)OCO2. The van der Waals surface area contributed by atoms with Crippen LogP contribution >= 0.6 is 0 Å². The minimum absolute atomic E-state index is 0.159. The second-order valence-electron chi connectivity index (χ2n) is 7.44. The molecule has 0 fully saturated rings. The fourth-order valence-electron chi connectivity index (χ4n) is 3.57. The molecule has 0 amide bonds. The smallest absolute Gasteiger partial charge is 0.306 e. The van der Waals surface area contributed by atoms with Crippen LogP contribution in [0.3, 0.4) is 0 Å². The van der Waals surface area contributed by atoms with Gasteiger partial charge in [-0.1, -0.05) is 6.07 Å². The fraction of sp³-hybridized carbons (Fsp3) is 0.500. The molecule has 0 bridgehead atoms. The Hall–Kier alpha value is -3.43. The zero-order valence-electron chi connectivity index (χ0n) is 18.1. The van der Waals surface area contributed by atoms with Crippen molar-refractivity contribution in [2.24, 2.45) is 4.99 Å². The molecule has 0 spiro atoms. The third-order valence-corrected chi connectivity index (χ3v) is 5.11. The second-order valence-corrected chi connectivity index (χ2v) is 7.44. The molecule has 1 aromatic carbocycles. The van der Waals surface area contributed by atoms with Crippen LogP contribution in [0.15, 0.2) is 33.8 Å². The van der Waals surface area contributed by atoms with Crippen molar-refractivity contribution in [2.45, 2.75) is 32.1 Å². The van der Waals surface area contributed by atoms with Gasteiger partial charge < -0.3 is 34.1 Å². The Kier molecular flexibility index (Phi) is 7.31. The molecule has 0 saturated heterocycles. The van der Waals surface area contributed by atoms with E-state index < -0.39 is 0 Å². The molecule has 10 heteroatoms. The van der Waals surface area contributed by atoms with E-state index in [4.69, 9.17) is 23.5 Å². The summed E-state index contributed by atoms with van der Waals surface area (Å²) < 4.78 is 27.2. The minimum Gasteiger partial charge on any atom is -0.475 e. The molecule has 2 aliphatic rings. The Morgan fingerprint density at radius 1 is 1.28 bits per heavy atom. The maximum Gasteiger partial charge on any atom is 0.306 e. The molecule has 1 atom stereocenters. The van der Waals surface area contributed by atoms with E-state index in [2.05, 4.69) is 20.8 Å². The molecular weight excluding hydrogens is 416 g/mol. The quantitative estimate of drug-likeness (QED) is 0.396. The number of carbonyl (C=O) groups excluding carboxylic acids is 1. The number of aliphatic imine (C=N–C) groups is 1. The van der Waals surface area contributed by atoms with E-state index in [-0.39, 0.29) is 25.1 Å². The summed E-state index contributed by atoms with van der Waals surface area (Å²) in [6.07, 6.45) is 1.49. The van der Waals surface area contributed by atoms with Gasteiger partial charge in [-0.25, -0.2) is 0 Å². The van der Waals surface area contributed by atoms with Crippen LogP contribution < -0.4 is 24.8 Å². The van der Waals surface area contributed by atoms with Crippen molar-refractivity contribution < 1.29 is 28.3 Å². The van der Waals surface area contributed by atoms with E-state index in [0.29, 0.717) is 42.8 Å². The number of esters is 1. The minimum atomic E-state index is -0.264. The van der Waals surface area contributed by atoms with Gasteiger partial charge in [0.15, 0.2) is 17.5 Å². The molecule has 1 aromatic heterocycles. The topological polar surface area (TPSA) is 116 Å². The number of hydrogen-bond acceptors (Lipinski definition) is 10. The van der Waals surface area contributed by atoms with Crippen LogP contribution in [0.5, 0.6) is 17.4 Å². The lowest BCUT2D eigenvalue weighted by Gasteiger charge is -2.15. The molecule has 10 nitrogen and oxygen atoms in total. The molecule has 4 rings (SSSR count). The van der Waals surface area contributed by atoms with Gasteiger partial charge >= 0.3 is 5.97 Å². The van der Waals surface area contributed by atoms with Crippen molar-refractivity contribution >= 4 is 11.9 Å². The van der Waals surface area contributed by atoms with Crippen LogP contribution in [-0.2, 0) is 16.0 Å². The Labute approximate surface area is 186 Å². The third-order valence-electron chi connectivity index (χ3n) is 5.11. The average Bonchev–Trinajstić information content (AvgIpc) is 3.55. The summed E-state index contributed by atoms with van der Waals surface area (Å²) in [4.78, 5) is 16.5. The van der Waals surface area contributed by atoms with Gasteiger partial charge in [0.2, 0.25) is 6.79 Å². The third kappa shape index (κ3) is 5.83. The molecule has 0 radical (unpaired) electrons. The van der Waals surface area contributed by atoms with E-state index in [0.717, 1.165) is 37.6 Å². The van der Waals surface area contributed by atoms with Gasteiger partial charge in [0.05, 0.1) is 26.2 Å². The van der Waals surface area contributed by atoms with E-state index >= 15 is 0 Å². The summed E-state index contributed by atoms with van der Waals surface area (Å²) >= 11 is 0. The zero-order chi connectivity index (χ0) is 22.2. The lowest BCUT2D eigenvalue weighted by Crippen LogP contribution is -2.34. The highest BCUT2D eigenvalue weighted by atomic mass is 16.7. The second kappa shape index (κ2) is 10.7. The van der Waals surface area contributed by atoms with Crippen LogP contribution in [0.2, 0.25) is 0 Å². The van der Waals surface area contributed by atoms with E-state index in [1.165, 1.54) is 0 Å². The first-order chi connectivity index (χ1) is 15.7. The molecule has 0 saturated carbocycles. The standard InChI is InChI=1S/C22H28N4O6/c1-2-28-21(27)12-16(15-4-5-18-19(11-15)31-14-30-18)10-17-13-20(26-32-17)29-9-3-6-23-22-24-7-8-25-22/h4-5,11,13,16H,2-3,6-10,12,14H2,1H3,(H2,23,24,25). The highest BCUT2D eigenvalue weighted by Gasteiger charge is 2.23. The molecule has 2 aromatic rings. The summed E-state index contributed by atoms with van der Waals surface area (Å²) in [5.74, 6) is 2.85. The monoisotopic (exact) mass is 444 g/mol. The lowest BCUT2D eigenvalue weighted by molar-refractivity contribution is -0.143. The number of guanidine groups is 1. The van der Waals surface area contributed by atoms with Gasteiger partial charge in [-0.05, 0) is 36.2 Å². The number of nitrogens with zero attached hydrogens (tertiary/aromatic N) is 2. The van der Waals surface area contributed by atoms with E-state index in [9.17, 15) is 4.79 Å². The van der Waals surface area contributed by atoms with Gasteiger partial charge in [-0.3, -0.25) is 9.79 Å². The number of hydrogen-bond donors (Lipinski definition) is 2. The number of fused-ring (bicyclic) bond motifs is 1. The van der Waals surface area contributed by atoms with Crippen LogP contribution in [-0.4, -0.2) is 56.7 Å². The number of nitrogens with one attached hydrogen (secondary N) is 2. The molecule has 2 N–H and O–H groups in total. The summed E-state index contributed by atoms with van der Waals surface area (Å²) in [6, 6.07) is 7.45. The van der Waals surface area contributed by atoms with Crippen molar-refractivity contribution in [3.63, 3.8) is 0 Å². The molecular formula is C22H28N4O6. The predicted octanol–water partition coefficient (Wildman–Crippen LogP) is 2.00. The summed E-state index contributed by atoms with van der Waals surface area (Å²) in [5, 5.41) is 10.4. The van der Waals surface area contributed by atoms with Gasteiger partial charge in [-0.2, -0.15) is 0 Å². The summed E-state index contributed by atoms with van der Waals surface area (Å²) in [6.45, 7) is 5.27. The summed E-state index contributed by atoms with van der Waals surface area (Å²) in [7, 11) is 0. The van der Waals surface area contributed by atoms with Crippen LogP contribution in [0, 0.1) is 0 Å². The van der Waals surface area contributed by atoms with Gasteiger partial charge in [-0.15, -0.1) is 0 Å². The molecule has 1 unspecified atom stereocenters.